The topological polar surface area (TPSA) is 24.9 Å². The van der Waals surface area contributed by atoms with E-state index in [0.29, 0.717) is 5.41 Å². The molecule has 0 saturated heterocycles. The summed E-state index contributed by atoms with van der Waals surface area (Å²) in [6.07, 6.45) is 8.30. The van der Waals surface area contributed by atoms with Crippen molar-refractivity contribution >= 4 is 11.3 Å². The zero-order valence-electron chi connectivity index (χ0n) is 12.2. The first kappa shape index (κ1) is 13.6. The summed E-state index contributed by atoms with van der Waals surface area (Å²) in [6, 6.07) is 0. The van der Waals surface area contributed by atoms with Crippen molar-refractivity contribution in [3.63, 3.8) is 0 Å². The van der Waals surface area contributed by atoms with Crippen molar-refractivity contribution in [2.24, 2.45) is 17.3 Å². The molecule has 0 spiro atoms. The van der Waals surface area contributed by atoms with Crippen molar-refractivity contribution in [2.45, 2.75) is 52.4 Å². The van der Waals surface area contributed by atoms with Gasteiger partial charge in [-0.2, -0.15) is 0 Å². The largest absolute Gasteiger partial charge is 0.316 e. The van der Waals surface area contributed by atoms with Crippen LogP contribution in [0.2, 0.25) is 0 Å². The zero-order valence-corrected chi connectivity index (χ0v) is 13.1. The monoisotopic (exact) mass is 278 g/mol. The minimum Gasteiger partial charge on any atom is -0.316 e. The lowest BCUT2D eigenvalue weighted by molar-refractivity contribution is 0.155. The molecule has 3 rings (SSSR count). The van der Waals surface area contributed by atoms with E-state index in [0.717, 1.165) is 18.4 Å². The summed E-state index contributed by atoms with van der Waals surface area (Å²) in [6.45, 7) is 6.75. The molecule has 1 aromatic heterocycles. The molecule has 0 amide bonds. The fraction of sp³-hybridized carbons (Fsp3) is 0.812. The molecule has 3 heteroatoms. The van der Waals surface area contributed by atoms with Crippen LogP contribution >= 0.6 is 11.3 Å². The third-order valence-electron chi connectivity index (χ3n) is 5.21. The molecule has 106 valence electrons. The van der Waals surface area contributed by atoms with E-state index < -0.39 is 0 Å². The van der Waals surface area contributed by atoms with Gasteiger partial charge in [-0.05, 0) is 62.8 Å². The molecule has 0 aliphatic heterocycles. The molecule has 19 heavy (non-hydrogen) atoms. The van der Waals surface area contributed by atoms with Gasteiger partial charge in [-0.1, -0.05) is 13.3 Å². The molecule has 1 heterocycles. The SMILES string of the molecule is CCCNCC1(Cc2csc(C)n2)CC2CCC1C2. The number of hydrogen-bond donors (Lipinski definition) is 1. The van der Waals surface area contributed by atoms with Gasteiger partial charge in [-0.25, -0.2) is 4.98 Å². The molecule has 2 aliphatic carbocycles. The van der Waals surface area contributed by atoms with Crippen molar-refractivity contribution < 1.29 is 0 Å². The van der Waals surface area contributed by atoms with Gasteiger partial charge >= 0.3 is 0 Å². The summed E-state index contributed by atoms with van der Waals surface area (Å²) in [5, 5.41) is 7.20. The lowest BCUT2D eigenvalue weighted by Gasteiger charge is -2.38. The Morgan fingerprint density at radius 3 is 2.95 bits per heavy atom. The maximum Gasteiger partial charge on any atom is 0.0897 e. The normalized spacial score (nSPS) is 33.2. The Morgan fingerprint density at radius 1 is 1.47 bits per heavy atom. The van der Waals surface area contributed by atoms with E-state index >= 15 is 0 Å². The molecule has 2 aliphatic rings. The molecule has 1 aromatic rings. The second-order valence-electron chi connectivity index (χ2n) is 6.65. The molecule has 0 aromatic carbocycles. The maximum absolute atomic E-state index is 4.72. The van der Waals surface area contributed by atoms with Crippen molar-refractivity contribution in [1.29, 1.82) is 0 Å². The van der Waals surface area contributed by atoms with E-state index in [9.17, 15) is 0 Å². The van der Waals surface area contributed by atoms with Crippen LogP contribution in [0.5, 0.6) is 0 Å². The number of nitrogens with zero attached hydrogens (tertiary/aromatic N) is 1. The summed E-state index contributed by atoms with van der Waals surface area (Å²) >= 11 is 1.80. The van der Waals surface area contributed by atoms with E-state index in [4.69, 9.17) is 4.98 Å². The van der Waals surface area contributed by atoms with Gasteiger partial charge < -0.3 is 5.32 Å². The number of aromatic nitrogens is 1. The van der Waals surface area contributed by atoms with Crippen molar-refractivity contribution in [3.05, 3.63) is 16.1 Å². The summed E-state index contributed by atoms with van der Waals surface area (Å²) in [7, 11) is 0. The second-order valence-corrected chi connectivity index (χ2v) is 7.72. The average molecular weight is 278 g/mol. The Morgan fingerprint density at radius 2 is 2.37 bits per heavy atom. The van der Waals surface area contributed by atoms with Gasteiger partial charge in [-0.3, -0.25) is 0 Å². The van der Waals surface area contributed by atoms with E-state index in [-0.39, 0.29) is 0 Å². The van der Waals surface area contributed by atoms with Crippen molar-refractivity contribution in [1.82, 2.24) is 10.3 Å². The lowest BCUT2D eigenvalue weighted by Crippen LogP contribution is -2.40. The van der Waals surface area contributed by atoms with Crippen LogP contribution in [-0.4, -0.2) is 18.1 Å². The average Bonchev–Trinajstić information content (AvgIpc) is 3.06. The van der Waals surface area contributed by atoms with Crippen molar-refractivity contribution in [3.8, 4) is 0 Å². The number of hydrogen-bond acceptors (Lipinski definition) is 3. The smallest absolute Gasteiger partial charge is 0.0897 e. The van der Waals surface area contributed by atoms with Crippen LogP contribution < -0.4 is 5.32 Å². The van der Waals surface area contributed by atoms with Crippen LogP contribution in [0, 0.1) is 24.2 Å². The number of nitrogens with one attached hydrogen (secondary N) is 1. The number of aryl methyl sites for hydroxylation is 1. The molecule has 2 nitrogen and oxygen atoms in total. The summed E-state index contributed by atoms with van der Waals surface area (Å²) in [5.41, 5.74) is 1.85. The predicted molar refractivity (Wildman–Crippen MR) is 81.6 cm³/mol. The molecule has 0 radical (unpaired) electrons. The first-order valence-electron chi connectivity index (χ1n) is 7.83. The highest BCUT2D eigenvalue weighted by Gasteiger charge is 2.50. The molecule has 2 bridgehead atoms. The van der Waals surface area contributed by atoms with E-state index in [1.165, 1.54) is 55.8 Å². The highest BCUT2D eigenvalue weighted by atomic mass is 32.1. The third-order valence-corrected chi connectivity index (χ3v) is 6.03. The highest BCUT2D eigenvalue weighted by Crippen LogP contribution is 2.57. The minimum atomic E-state index is 0.513. The van der Waals surface area contributed by atoms with Gasteiger partial charge in [0.05, 0.1) is 10.7 Å². The number of thiazole rings is 1. The predicted octanol–water partition coefficient (Wildman–Crippen LogP) is 3.80. The molecule has 3 atom stereocenters. The van der Waals surface area contributed by atoms with Crippen LogP contribution in [0.4, 0.5) is 0 Å². The molecule has 2 fully saturated rings. The first-order chi connectivity index (χ1) is 9.22. The summed E-state index contributed by atoms with van der Waals surface area (Å²) in [4.78, 5) is 4.72. The maximum atomic E-state index is 4.72. The van der Waals surface area contributed by atoms with E-state index in [1.807, 2.05) is 0 Å². The van der Waals surface area contributed by atoms with Gasteiger partial charge in [0.2, 0.25) is 0 Å². The van der Waals surface area contributed by atoms with Crippen LogP contribution in [0.1, 0.15) is 49.7 Å². The summed E-state index contributed by atoms with van der Waals surface area (Å²) in [5.74, 6) is 1.96. The quantitative estimate of drug-likeness (QED) is 0.801. The standard InChI is InChI=1S/C16H26N2S/c1-3-6-17-11-16(8-13-4-5-14(16)7-13)9-15-10-19-12(2)18-15/h10,13-14,17H,3-9,11H2,1-2H3. The highest BCUT2D eigenvalue weighted by molar-refractivity contribution is 7.09. The molecule has 2 saturated carbocycles. The van der Waals surface area contributed by atoms with E-state index in [1.54, 1.807) is 11.3 Å². The fourth-order valence-corrected chi connectivity index (χ4v) is 5.03. The van der Waals surface area contributed by atoms with Gasteiger partial charge in [0.1, 0.15) is 0 Å². The first-order valence-corrected chi connectivity index (χ1v) is 8.71. The number of rotatable bonds is 6. The Balaban J connectivity index is 1.73. The Kier molecular flexibility index (Phi) is 3.95. The van der Waals surface area contributed by atoms with Gasteiger partial charge in [0, 0.05) is 11.9 Å². The van der Waals surface area contributed by atoms with Crippen molar-refractivity contribution in [2.75, 3.05) is 13.1 Å². The van der Waals surface area contributed by atoms with Gasteiger partial charge in [0.15, 0.2) is 0 Å². The minimum absolute atomic E-state index is 0.513. The fourth-order valence-electron chi connectivity index (χ4n) is 4.42. The van der Waals surface area contributed by atoms with Crippen LogP contribution in [0.3, 0.4) is 0 Å². The molecule has 1 N–H and O–H groups in total. The number of fused-ring (bicyclic) bond motifs is 2. The Bertz CT molecular complexity index is 428. The molecular formula is C16H26N2S. The molecular weight excluding hydrogens is 252 g/mol. The lowest BCUT2D eigenvalue weighted by atomic mass is 9.70. The van der Waals surface area contributed by atoms with Gasteiger partial charge in [-0.15, -0.1) is 11.3 Å². The van der Waals surface area contributed by atoms with Crippen LogP contribution in [0.15, 0.2) is 5.38 Å². The Hall–Kier alpha value is -0.410. The third kappa shape index (κ3) is 2.73. The zero-order chi connectivity index (χ0) is 13.3. The van der Waals surface area contributed by atoms with Gasteiger partial charge in [0.25, 0.3) is 0 Å². The van der Waals surface area contributed by atoms with Crippen LogP contribution in [0.25, 0.3) is 0 Å². The Labute approximate surface area is 121 Å². The molecule has 3 unspecified atom stereocenters. The van der Waals surface area contributed by atoms with E-state index in [2.05, 4.69) is 24.5 Å². The second kappa shape index (κ2) is 5.53. The summed E-state index contributed by atoms with van der Waals surface area (Å²) < 4.78 is 0. The van der Waals surface area contributed by atoms with Crippen LogP contribution in [-0.2, 0) is 6.42 Å².